The van der Waals surface area contributed by atoms with Crippen molar-refractivity contribution in [3.05, 3.63) is 54.6 Å². The van der Waals surface area contributed by atoms with Gasteiger partial charge in [-0.05, 0) is 42.8 Å². The number of amides is 2. The van der Waals surface area contributed by atoms with E-state index in [1.54, 1.807) is 24.3 Å². The van der Waals surface area contributed by atoms with E-state index in [4.69, 9.17) is 10.5 Å². The molecule has 0 heterocycles. The van der Waals surface area contributed by atoms with Gasteiger partial charge in [0.2, 0.25) is 0 Å². The fourth-order valence-electron chi connectivity index (χ4n) is 1.72. The second-order valence-electron chi connectivity index (χ2n) is 4.52. The number of nitrogens with two attached hydrogens (primary N) is 1. The highest BCUT2D eigenvalue weighted by Crippen LogP contribution is 2.10. The molecule has 0 aliphatic rings. The highest BCUT2D eigenvalue weighted by atomic mass is 16.5. The van der Waals surface area contributed by atoms with Gasteiger partial charge in [0.05, 0.1) is 6.61 Å². The Morgan fingerprint density at radius 3 is 2.48 bits per heavy atom. The van der Waals surface area contributed by atoms with Crippen LogP contribution in [0.1, 0.15) is 6.42 Å². The molecule has 0 unspecified atom stereocenters. The Morgan fingerprint density at radius 1 is 1.05 bits per heavy atom. The first-order chi connectivity index (χ1) is 10.2. The third-order valence-corrected chi connectivity index (χ3v) is 2.79. The highest BCUT2D eigenvalue weighted by molar-refractivity contribution is 5.89. The molecule has 5 nitrogen and oxygen atoms in total. The second kappa shape index (κ2) is 7.79. The normalized spacial score (nSPS) is 9.90. The van der Waals surface area contributed by atoms with Crippen molar-refractivity contribution in [2.45, 2.75) is 6.42 Å². The molecular formula is C16H19N3O2. The minimum absolute atomic E-state index is 0.237. The molecule has 0 aliphatic carbocycles. The highest BCUT2D eigenvalue weighted by Gasteiger charge is 2.00. The van der Waals surface area contributed by atoms with E-state index in [-0.39, 0.29) is 6.03 Å². The van der Waals surface area contributed by atoms with Crippen molar-refractivity contribution >= 4 is 17.4 Å². The van der Waals surface area contributed by atoms with E-state index in [1.807, 2.05) is 30.3 Å². The standard InChI is InChI=1S/C16H19N3O2/c17-13-7-9-14(10-8-13)19-16(20)18-11-4-12-21-15-5-2-1-3-6-15/h1-3,5-10H,4,11-12,17H2,(H2,18,19,20). The van der Waals surface area contributed by atoms with Crippen molar-refractivity contribution < 1.29 is 9.53 Å². The number of carbonyl (C=O) groups is 1. The number of nitrogen functional groups attached to an aromatic ring is 1. The molecule has 2 amide bonds. The Balaban J connectivity index is 1.60. The zero-order valence-corrected chi connectivity index (χ0v) is 11.7. The first-order valence-electron chi connectivity index (χ1n) is 6.82. The van der Waals surface area contributed by atoms with Crippen LogP contribution >= 0.6 is 0 Å². The third kappa shape index (κ3) is 5.44. The maximum absolute atomic E-state index is 11.6. The lowest BCUT2D eigenvalue weighted by Gasteiger charge is -2.09. The third-order valence-electron chi connectivity index (χ3n) is 2.79. The molecule has 0 fully saturated rings. The predicted octanol–water partition coefficient (Wildman–Crippen LogP) is 2.86. The summed E-state index contributed by atoms with van der Waals surface area (Å²) in [7, 11) is 0. The molecule has 0 spiro atoms. The molecule has 0 bridgehead atoms. The summed E-state index contributed by atoms with van der Waals surface area (Å²) in [5, 5.41) is 5.50. The van der Waals surface area contributed by atoms with Gasteiger partial charge in [0.25, 0.3) is 0 Å². The minimum Gasteiger partial charge on any atom is -0.494 e. The van der Waals surface area contributed by atoms with Gasteiger partial charge in [-0.2, -0.15) is 0 Å². The van der Waals surface area contributed by atoms with Gasteiger partial charge in [-0.3, -0.25) is 0 Å². The monoisotopic (exact) mass is 285 g/mol. The van der Waals surface area contributed by atoms with Crippen molar-refractivity contribution in [3.63, 3.8) is 0 Å². The van der Waals surface area contributed by atoms with Crippen LogP contribution in [-0.4, -0.2) is 19.2 Å². The summed E-state index contributed by atoms with van der Waals surface area (Å²) < 4.78 is 5.53. The van der Waals surface area contributed by atoms with Crippen molar-refractivity contribution in [2.75, 3.05) is 24.2 Å². The SMILES string of the molecule is Nc1ccc(NC(=O)NCCCOc2ccccc2)cc1. The second-order valence-corrected chi connectivity index (χ2v) is 4.52. The Labute approximate surface area is 124 Å². The number of benzene rings is 2. The molecule has 21 heavy (non-hydrogen) atoms. The van der Waals surface area contributed by atoms with E-state index >= 15 is 0 Å². The van der Waals surface area contributed by atoms with Crippen molar-refractivity contribution in [2.24, 2.45) is 0 Å². The Hall–Kier alpha value is -2.69. The lowest BCUT2D eigenvalue weighted by molar-refractivity contribution is 0.250. The smallest absolute Gasteiger partial charge is 0.319 e. The molecule has 4 N–H and O–H groups in total. The zero-order chi connectivity index (χ0) is 14.9. The summed E-state index contributed by atoms with van der Waals surface area (Å²) in [5.74, 6) is 0.837. The van der Waals surface area contributed by atoms with Gasteiger partial charge in [0.1, 0.15) is 5.75 Å². The summed E-state index contributed by atoms with van der Waals surface area (Å²) in [6, 6.07) is 16.4. The maximum Gasteiger partial charge on any atom is 0.319 e. The molecule has 2 aromatic carbocycles. The van der Waals surface area contributed by atoms with E-state index in [0.29, 0.717) is 24.5 Å². The predicted molar refractivity (Wildman–Crippen MR) is 84.4 cm³/mol. The van der Waals surface area contributed by atoms with Gasteiger partial charge < -0.3 is 21.1 Å². The number of hydrogen-bond acceptors (Lipinski definition) is 3. The first kappa shape index (κ1) is 14.7. The van der Waals surface area contributed by atoms with Crippen LogP contribution in [0.3, 0.4) is 0 Å². The minimum atomic E-state index is -0.237. The van der Waals surface area contributed by atoms with E-state index in [9.17, 15) is 4.79 Å². The first-order valence-corrected chi connectivity index (χ1v) is 6.82. The Morgan fingerprint density at radius 2 is 1.76 bits per heavy atom. The van der Waals surface area contributed by atoms with Gasteiger partial charge in [0.15, 0.2) is 0 Å². The average Bonchev–Trinajstić information content (AvgIpc) is 2.50. The summed E-state index contributed by atoms with van der Waals surface area (Å²) in [6.45, 7) is 1.11. The molecule has 2 aromatic rings. The summed E-state index contributed by atoms with van der Waals surface area (Å²) in [6.07, 6.45) is 0.740. The van der Waals surface area contributed by atoms with Crippen LogP contribution in [0.25, 0.3) is 0 Å². The molecule has 5 heteroatoms. The summed E-state index contributed by atoms with van der Waals surface area (Å²) >= 11 is 0. The maximum atomic E-state index is 11.6. The van der Waals surface area contributed by atoms with E-state index in [0.717, 1.165) is 12.2 Å². The largest absolute Gasteiger partial charge is 0.494 e. The quantitative estimate of drug-likeness (QED) is 0.564. The molecule has 0 aliphatic heterocycles. The fraction of sp³-hybridized carbons (Fsp3) is 0.188. The Kier molecular flexibility index (Phi) is 5.46. The van der Waals surface area contributed by atoms with Crippen LogP contribution in [0.15, 0.2) is 54.6 Å². The van der Waals surface area contributed by atoms with Crippen LogP contribution in [0.2, 0.25) is 0 Å². The lowest BCUT2D eigenvalue weighted by Crippen LogP contribution is -2.30. The number of urea groups is 1. The van der Waals surface area contributed by atoms with Crippen molar-refractivity contribution in [1.29, 1.82) is 0 Å². The van der Waals surface area contributed by atoms with Crippen LogP contribution in [0.5, 0.6) is 5.75 Å². The molecule has 0 saturated carbocycles. The summed E-state index contributed by atoms with van der Waals surface area (Å²) in [4.78, 5) is 11.6. The number of anilines is 2. The van der Waals surface area contributed by atoms with Gasteiger partial charge in [0, 0.05) is 17.9 Å². The van der Waals surface area contributed by atoms with Crippen LogP contribution < -0.4 is 21.1 Å². The number of hydrogen-bond donors (Lipinski definition) is 3. The van der Waals surface area contributed by atoms with Gasteiger partial charge in [-0.25, -0.2) is 4.79 Å². The molecular weight excluding hydrogens is 266 g/mol. The summed E-state index contributed by atoms with van der Waals surface area (Å²) in [5.41, 5.74) is 6.95. The van der Waals surface area contributed by atoms with Crippen molar-refractivity contribution in [1.82, 2.24) is 5.32 Å². The lowest BCUT2D eigenvalue weighted by atomic mass is 10.3. The average molecular weight is 285 g/mol. The number of nitrogens with one attached hydrogen (secondary N) is 2. The van der Waals surface area contributed by atoms with Gasteiger partial charge in [-0.15, -0.1) is 0 Å². The van der Waals surface area contributed by atoms with E-state index < -0.39 is 0 Å². The fourth-order valence-corrected chi connectivity index (χ4v) is 1.72. The number of para-hydroxylation sites is 1. The van der Waals surface area contributed by atoms with E-state index in [1.165, 1.54) is 0 Å². The van der Waals surface area contributed by atoms with Crippen molar-refractivity contribution in [3.8, 4) is 5.75 Å². The number of ether oxygens (including phenoxy) is 1. The number of carbonyl (C=O) groups excluding carboxylic acids is 1. The molecule has 110 valence electrons. The Bertz CT molecular complexity index is 555. The molecule has 0 radical (unpaired) electrons. The molecule has 2 rings (SSSR count). The van der Waals surface area contributed by atoms with Gasteiger partial charge >= 0.3 is 6.03 Å². The molecule has 0 atom stereocenters. The van der Waals surface area contributed by atoms with Crippen LogP contribution in [0, 0.1) is 0 Å². The van der Waals surface area contributed by atoms with Crippen LogP contribution in [-0.2, 0) is 0 Å². The molecule has 0 aromatic heterocycles. The van der Waals surface area contributed by atoms with E-state index in [2.05, 4.69) is 10.6 Å². The van der Waals surface area contributed by atoms with Crippen LogP contribution in [0.4, 0.5) is 16.2 Å². The zero-order valence-electron chi connectivity index (χ0n) is 11.7. The molecule has 0 saturated heterocycles. The topological polar surface area (TPSA) is 76.4 Å². The number of rotatable bonds is 6. The van der Waals surface area contributed by atoms with Gasteiger partial charge in [-0.1, -0.05) is 18.2 Å².